The number of rotatable bonds is 4. The molecule has 1 atom stereocenters. The monoisotopic (exact) mass is 133 g/mol. The summed E-state index contributed by atoms with van der Waals surface area (Å²) in [7, 11) is 0. The highest BCUT2D eigenvalue weighted by atomic mass is 32.2. The number of hydrogen-bond acceptors (Lipinski definition) is 4. The van der Waals surface area contributed by atoms with Crippen molar-refractivity contribution < 1.29 is 9.59 Å². The predicted molar refractivity (Wildman–Crippen MR) is 33.2 cm³/mol. The maximum atomic E-state index is 9.76. The molecule has 0 radical (unpaired) electrons. The van der Waals surface area contributed by atoms with Gasteiger partial charge in [-0.25, -0.2) is 0 Å². The van der Waals surface area contributed by atoms with E-state index in [0.29, 0.717) is 17.7 Å². The Morgan fingerprint density at radius 1 is 1.62 bits per heavy atom. The summed E-state index contributed by atoms with van der Waals surface area (Å²) in [5.41, 5.74) is 5.78. The molecule has 8 heavy (non-hydrogen) atoms. The van der Waals surface area contributed by atoms with E-state index in [1.807, 2.05) is 0 Å². The first-order valence-electron chi connectivity index (χ1n) is 2.07. The molecule has 0 heterocycles. The summed E-state index contributed by atoms with van der Waals surface area (Å²) in [4.78, 5) is 19.4. The Labute approximate surface area is 51.6 Å². The minimum atomic E-state index is -0.495. The van der Waals surface area contributed by atoms with Crippen LogP contribution in [0.1, 0.15) is 0 Å². The molecule has 0 aromatic heterocycles. The number of carbonyl (C=O) groups excluding carboxylic acids is 2. The van der Waals surface area contributed by atoms with E-state index in [2.05, 4.69) is 0 Å². The topological polar surface area (TPSA) is 60.2 Å². The van der Waals surface area contributed by atoms with Crippen LogP contribution < -0.4 is 5.73 Å². The first-order chi connectivity index (χ1) is 3.81. The Kier molecular flexibility index (Phi) is 4.59. The largest absolute Gasteiger partial charge is 0.321 e. The first-order valence-corrected chi connectivity index (χ1v) is 3.12. The summed E-state index contributed by atoms with van der Waals surface area (Å²) in [6.45, 7) is 0. The van der Waals surface area contributed by atoms with Crippen LogP contribution in [0, 0.1) is 0 Å². The minimum Gasteiger partial charge on any atom is -0.321 e. The number of nitrogens with two attached hydrogens (primary N) is 1. The molecule has 4 heteroatoms. The third kappa shape index (κ3) is 3.83. The summed E-state index contributed by atoms with van der Waals surface area (Å²) in [5, 5.41) is 0. The van der Waals surface area contributed by atoms with E-state index in [-0.39, 0.29) is 0 Å². The van der Waals surface area contributed by atoms with E-state index < -0.39 is 6.04 Å². The van der Waals surface area contributed by atoms with E-state index >= 15 is 0 Å². The molecule has 0 bridgehead atoms. The third-order valence-corrected chi connectivity index (χ3v) is 1.24. The number of hydrogen-bond donors (Lipinski definition) is 1. The lowest BCUT2D eigenvalue weighted by molar-refractivity contribution is -0.108. The zero-order valence-corrected chi connectivity index (χ0v) is 5.06. The van der Waals surface area contributed by atoms with Gasteiger partial charge in [0.05, 0.1) is 6.04 Å². The van der Waals surface area contributed by atoms with Crippen molar-refractivity contribution >= 4 is 23.7 Å². The van der Waals surface area contributed by atoms with Crippen LogP contribution in [0.2, 0.25) is 0 Å². The van der Waals surface area contributed by atoms with Gasteiger partial charge >= 0.3 is 0 Å². The highest BCUT2D eigenvalue weighted by molar-refractivity contribution is 8.11. The SMILES string of the molecule is N[C@H](C=O)CSC=O. The summed E-state index contributed by atoms with van der Waals surface area (Å²) < 4.78 is 0. The van der Waals surface area contributed by atoms with Crippen LogP contribution in [0.15, 0.2) is 0 Å². The van der Waals surface area contributed by atoms with Crippen molar-refractivity contribution in [3.63, 3.8) is 0 Å². The number of aldehydes is 1. The Morgan fingerprint density at radius 2 is 2.25 bits per heavy atom. The lowest BCUT2D eigenvalue weighted by Gasteiger charge is -1.94. The summed E-state index contributed by atoms with van der Waals surface area (Å²) in [5.74, 6) is 0.382. The number of thioether (sulfide) groups is 1. The fraction of sp³-hybridized carbons (Fsp3) is 0.500. The second-order valence-corrected chi connectivity index (χ2v) is 2.09. The zero-order chi connectivity index (χ0) is 6.41. The van der Waals surface area contributed by atoms with Gasteiger partial charge in [-0.05, 0) is 0 Å². The fourth-order valence-corrected chi connectivity index (χ4v) is 0.569. The molecule has 0 aliphatic carbocycles. The van der Waals surface area contributed by atoms with Gasteiger partial charge in [0, 0.05) is 5.75 Å². The highest BCUT2D eigenvalue weighted by Crippen LogP contribution is 1.92. The molecule has 0 saturated carbocycles. The minimum absolute atomic E-state index is 0.382. The summed E-state index contributed by atoms with van der Waals surface area (Å²) in [6, 6.07) is -0.495. The van der Waals surface area contributed by atoms with Crippen LogP contribution in [0.4, 0.5) is 0 Å². The van der Waals surface area contributed by atoms with Crippen LogP contribution >= 0.6 is 11.8 Å². The molecule has 0 aliphatic rings. The van der Waals surface area contributed by atoms with Gasteiger partial charge in [0.1, 0.15) is 6.29 Å². The fourth-order valence-electron chi connectivity index (χ4n) is 0.190. The van der Waals surface area contributed by atoms with Gasteiger partial charge in [-0.3, -0.25) is 4.79 Å². The molecule has 3 nitrogen and oxygen atoms in total. The van der Waals surface area contributed by atoms with Gasteiger partial charge in [0.25, 0.3) is 0 Å². The molecule has 0 aromatic carbocycles. The smallest absolute Gasteiger partial charge is 0.176 e. The molecule has 0 amide bonds. The molecule has 0 unspecified atom stereocenters. The molecule has 0 spiro atoms. The van der Waals surface area contributed by atoms with Crippen molar-refractivity contribution in [1.29, 1.82) is 0 Å². The molecule has 0 fully saturated rings. The standard InChI is InChI=1S/C4H7NO2S/c5-4(1-6)2-8-3-7/h1,3-4H,2,5H2/t4-/m1/s1. The van der Waals surface area contributed by atoms with Gasteiger partial charge < -0.3 is 10.5 Å². The highest BCUT2D eigenvalue weighted by Gasteiger charge is 1.96. The molecule has 0 aromatic rings. The van der Waals surface area contributed by atoms with Crippen molar-refractivity contribution in [3.8, 4) is 0 Å². The van der Waals surface area contributed by atoms with Gasteiger partial charge in [-0.2, -0.15) is 0 Å². The van der Waals surface area contributed by atoms with Crippen LogP contribution in [-0.4, -0.2) is 23.7 Å². The molecule has 2 N–H and O–H groups in total. The van der Waals surface area contributed by atoms with Crippen LogP contribution in [0.5, 0.6) is 0 Å². The van der Waals surface area contributed by atoms with Gasteiger partial charge in [0.15, 0.2) is 5.62 Å². The Balaban J connectivity index is 3.09. The van der Waals surface area contributed by atoms with E-state index in [0.717, 1.165) is 11.8 Å². The van der Waals surface area contributed by atoms with Crippen molar-refractivity contribution in [2.75, 3.05) is 5.75 Å². The Morgan fingerprint density at radius 3 is 2.62 bits per heavy atom. The lowest BCUT2D eigenvalue weighted by Crippen LogP contribution is -2.23. The Hall–Kier alpha value is -0.350. The van der Waals surface area contributed by atoms with Crippen LogP contribution in [0.3, 0.4) is 0 Å². The zero-order valence-electron chi connectivity index (χ0n) is 4.24. The number of carbonyl (C=O) groups is 2. The maximum absolute atomic E-state index is 9.76. The second kappa shape index (κ2) is 4.80. The molecular weight excluding hydrogens is 126 g/mol. The van der Waals surface area contributed by atoms with Gasteiger partial charge in [0.2, 0.25) is 0 Å². The quantitative estimate of drug-likeness (QED) is 0.522. The molecule has 46 valence electrons. The van der Waals surface area contributed by atoms with Crippen molar-refractivity contribution in [2.45, 2.75) is 6.04 Å². The lowest BCUT2D eigenvalue weighted by atomic mass is 10.4. The summed E-state index contributed by atoms with van der Waals surface area (Å²) >= 11 is 1.00. The summed E-state index contributed by atoms with van der Waals surface area (Å²) in [6.07, 6.45) is 0.622. The predicted octanol–water partition coefficient (Wildman–Crippen LogP) is -0.564. The van der Waals surface area contributed by atoms with E-state index in [1.54, 1.807) is 0 Å². The van der Waals surface area contributed by atoms with Gasteiger partial charge in [-0.1, -0.05) is 11.8 Å². The van der Waals surface area contributed by atoms with Crippen molar-refractivity contribution in [1.82, 2.24) is 0 Å². The van der Waals surface area contributed by atoms with E-state index in [1.165, 1.54) is 0 Å². The molecular formula is C4H7NO2S. The maximum Gasteiger partial charge on any atom is 0.176 e. The molecule has 0 saturated heterocycles. The van der Waals surface area contributed by atoms with Crippen LogP contribution in [0.25, 0.3) is 0 Å². The molecule has 0 aliphatic heterocycles. The van der Waals surface area contributed by atoms with Crippen LogP contribution in [-0.2, 0) is 9.59 Å². The third-order valence-electron chi connectivity index (χ3n) is 0.532. The van der Waals surface area contributed by atoms with E-state index in [4.69, 9.17) is 5.73 Å². The van der Waals surface area contributed by atoms with Crippen molar-refractivity contribution in [2.24, 2.45) is 5.73 Å². The van der Waals surface area contributed by atoms with Crippen molar-refractivity contribution in [3.05, 3.63) is 0 Å². The Bertz CT molecular complexity index is 86.1. The first kappa shape index (κ1) is 7.65. The molecule has 0 rings (SSSR count). The second-order valence-electron chi connectivity index (χ2n) is 1.23. The van der Waals surface area contributed by atoms with E-state index in [9.17, 15) is 9.59 Å². The average molecular weight is 133 g/mol. The van der Waals surface area contributed by atoms with Gasteiger partial charge in [-0.15, -0.1) is 0 Å². The average Bonchev–Trinajstić information content (AvgIpc) is 1.83. The normalized spacial score (nSPS) is 12.6.